The van der Waals surface area contributed by atoms with Gasteiger partial charge in [-0.15, -0.1) is 0 Å². The van der Waals surface area contributed by atoms with Crippen LogP contribution in [0.3, 0.4) is 0 Å². The largest absolute Gasteiger partial charge is 0.363 e. The number of halogens is 2. The summed E-state index contributed by atoms with van der Waals surface area (Å²) in [4.78, 5) is 8.47. The van der Waals surface area contributed by atoms with E-state index >= 15 is 0 Å². The van der Waals surface area contributed by atoms with Gasteiger partial charge in [-0.3, -0.25) is 0 Å². The van der Waals surface area contributed by atoms with E-state index in [4.69, 9.17) is 11.6 Å². The molecule has 1 unspecified atom stereocenters. The van der Waals surface area contributed by atoms with Gasteiger partial charge in [-0.05, 0) is 32.9 Å². The summed E-state index contributed by atoms with van der Waals surface area (Å²) in [7, 11) is 0. The second-order valence-corrected chi connectivity index (χ2v) is 4.85. The van der Waals surface area contributed by atoms with Crippen molar-refractivity contribution in [1.29, 1.82) is 0 Å². The summed E-state index contributed by atoms with van der Waals surface area (Å²) in [5.41, 5.74) is 1.31. The lowest BCUT2D eigenvalue weighted by molar-refractivity contribution is 0.600. The number of aryl methyl sites for hydroxylation is 2. The number of anilines is 1. The fraction of sp³-hybridized carbons (Fsp3) is 0.286. The summed E-state index contributed by atoms with van der Waals surface area (Å²) >= 11 is 6.04. The van der Waals surface area contributed by atoms with E-state index in [2.05, 4.69) is 15.3 Å². The molecule has 19 heavy (non-hydrogen) atoms. The van der Waals surface area contributed by atoms with Gasteiger partial charge in [0.1, 0.15) is 17.5 Å². The molecule has 0 fully saturated rings. The Morgan fingerprint density at radius 2 is 2.00 bits per heavy atom. The molecule has 1 N–H and O–H groups in total. The highest BCUT2D eigenvalue weighted by molar-refractivity contribution is 6.31. The van der Waals surface area contributed by atoms with Crippen molar-refractivity contribution in [1.82, 2.24) is 9.97 Å². The van der Waals surface area contributed by atoms with Gasteiger partial charge < -0.3 is 5.32 Å². The summed E-state index contributed by atoms with van der Waals surface area (Å²) in [5.74, 6) is 1.01. The third kappa shape index (κ3) is 3.20. The molecule has 0 aliphatic carbocycles. The number of rotatable bonds is 3. The van der Waals surface area contributed by atoms with Gasteiger partial charge in [0.25, 0.3) is 0 Å². The standard InChI is InChI=1S/C14H15ClFN3/c1-8-7-13(19-10(3)17-8)18-9(2)14-11(15)5-4-6-12(14)16/h4-7,9H,1-3H3,(H,17,18,19). The Labute approximate surface area is 116 Å². The van der Waals surface area contributed by atoms with E-state index in [9.17, 15) is 4.39 Å². The molecule has 5 heteroatoms. The van der Waals surface area contributed by atoms with Gasteiger partial charge in [0.2, 0.25) is 0 Å². The maximum atomic E-state index is 13.8. The summed E-state index contributed by atoms with van der Waals surface area (Å²) in [6.07, 6.45) is 0. The van der Waals surface area contributed by atoms with Crippen molar-refractivity contribution in [2.75, 3.05) is 5.32 Å². The van der Waals surface area contributed by atoms with Crippen molar-refractivity contribution >= 4 is 17.4 Å². The van der Waals surface area contributed by atoms with E-state index in [0.29, 0.717) is 22.2 Å². The topological polar surface area (TPSA) is 37.8 Å². The predicted molar refractivity (Wildman–Crippen MR) is 75.0 cm³/mol. The Morgan fingerprint density at radius 1 is 1.26 bits per heavy atom. The van der Waals surface area contributed by atoms with E-state index in [1.165, 1.54) is 6.07 Å². The van der Waals surface area contributed by atoms with Crippen molar-refractivity contribution in [3.63, 3.8) is 0 Å². The van der Waals surface area contributed by atoms with Gasteiger partial charge in [-0.25, -0.2) is 14.4 Å². The van der Waals surface area contributed by atoms with Crippen LogP contribution in [0.15, 0.2) is 24.3 Å². The summed E-state index contributed by atoms with van der Waals surface area (Å²) in [6, 6.07) is 6.21. The normalized spacial score (nSPS) is 12.3. The van der Waals surface area contributed by atoms with Crippen LogP contribution in [0.2, 0.25) is 5.02 Å². The lowest BCUT2D eigenvalue weighted by atomic mass is 10.1. The molecule has 0 spiro atoms. The molecule has 0 saturated heterocycles. The van der Waals surface area contributed by atoms with Crippen LogP contribution in [-0.4, -0.2) is 9.97 Å². The molecule has 1 atom stereocenters. The summed E-state index contributed by atoms with van der Waals surface area (Å²) < 4.78 is 13.8. The molecule has 2 aromatic rings. The van der Waals surface area contributed by atoms with Crippen molar-refractivity contribution in [2.45, 2.75) is 26.8 Å². The van der Waals surface area contributed by atoms with Crippen LogP contribution >= 0.6 is 11.6 Å². The van der Waals surface area contributed by atoms with E-state index in [1.54, 1.807) is 12.1 Å². The maximum absolute atomic E-state index is 13.8. The molecule has 0 saturated carbocycles. The molecule has 100 valence electrons. The molecule has 0 aliphatic heterocycles. The van der Waals surface area contributed by atoms with E-state index in [-0.39, 0.29) is 11.9 Å². The first-order chi connectivity index (χ1) is 8.97. The van der Waals surface area contributed by atoms with E-state index < -0.39 is 0 Å². The molecule has 3 nitrogen and oxygen atoms in total. The van der Waals surface area contributed by atoms with Crippen LogP contribution in [0.4, 0.5) is 10.2 Å². The fourth-order valence-electron chi connectivity index (χ4n) is 2.01. The zero-order chi connectivity index (χ0) is 14.0. The van der Waals surface area contributed by atoms with Crippen molar-refractivity contribution in [3.8, 4) is 0 Å². The molecular weight excluding hydrogens is 265 g/mol. The SMILES string of the molecule is Cc1cc(NC(C)c2c(F)cccc2Cl)nc(C)n1. The number of aromatic nitrogens is 2. The smallest absolute Gasteiger partial charge is 0.130 e. The van der Waals surface area contributed by atoms with E-state index in [1.807, 2.05) is 26.8 Å². The molecule has 0 bridgehead atoms. The second-order valence-electron chi connectivity index (χ2n) is 4.44. The average molecular weight is 280 g/mol. The number of nitrogens with one attached hydrogen (secondary N) is 1. The zero-order valence-corrected chi connectivity index (χ0v) is 11.8. The van der Waals surface area contributed by atoms with Gasteiger partial charge in [0.05, 0.1) is 6.04 Å². The zero-order valence-electron chi connectivity index (χ0n) is 11.0. The Morgan fingerprint density at radius 3 is 2.63 bits per heavy atom. The Bertz CT molecular complexity index is 561. The molecule has 0 amide bonds. The highest BCUT2D eigenvalue weighted by Gasteiger charge is 2.15. The molecule has 2 rings (SSSR count). The molecule has 0 aliphatic rings. The minimum absolute atomic E-state index is 0.276. The lowest BCUT2D eigenvalue weighted by Crippen LogP contribution is -2.11. The average Bonchev–Trinajstić information content (AvgIpc) is 2.26. The van der Waals surface area contributed by atoms with E-state index in [0.717, 1.165) is 5.69 Å². The Balaban J connectivity index is 2.28. The molecule has 1 heterocycles. The Kier molecular flexibility index (Phi) is 4.00. The fourth-order valence-corrected chi connectivity index (χ4v) is 2.34. The third-order valence-electron chi connectivity index (χ3n) is 2.76. The number of nitrogens with zero attached hydrogens (tertiary/aromatic N) is 2. The van der Waals surface area contributed by atoms with Crippen molar-refractivity contribution < 1.29 is 4.39 Å². The maximum Gasteiger partial charge on any atom is 0.130 e. The minimum atomic E-state index is -0.324. The van der Waals surface area contributed by atoms with Crippen LogP contribution in [0.5, 0.6) is 0 Å². The first kappa shape index (κ1) is 13.7. The van der Waals surface area contributed by atoms with Gasteiger partial charge >= 0.3 is 0 Å². The molecule has 1 aromatic heterocycles. The van der Waals surface area contributed by atoms with Crippen LogP contribution in [0.25, 0.3) is 0 Å². The second kappa shape index (κ2) is 5.53. The highest BCUT2D eigenvalue weighted by Crippen LogP contribution is 2.27. The van der Waals surface area contributed by atoms with Crippen LogP contribution < -0.4 is 5.32 Å². The van der Waals surface area contributed by atoms with Crippen LogP contribution in [-0.2, 0) is 0 Å². The van der Waals surface area contributed by atoms with Gasteiger partial charge in [0.15, 0.2) is 0 Å². The monoisotopic (exact) mass is 279 g/mol. The molecule has 0 radical (unpaired) electrons. The first-order valence-electron chi connectivity index (χ1n) is 6.00. The van der Waals surface area contributed by atoms with Crippen molar-refractivity contribution in [2.24, 2.45) is 0 Å². The van der Waals surface area contributed by atoms with Gasteiger partial charge in [0, 0.05) is 22.3 Å². The van der Waals surface area contributed by atoms with Gasteiger partial charge in [-0.1, -0.05) is 17.7 Å². The number of hydrogen-bond donors (Lipinski definition) is 1. The first-order valence-corrected chi connectivity index (χ1v) is 6.38. The molecular formula is C14H15ClFN3. The van der Waals surface area contributed by atoms with Crippen LogP contribution in [0.1, 0.15) is 30.0 Å². The third-order valence-corrected chi connectivity index (χ3v) is 3.09. The lowest BCUT2D eigenvalue weighted by Gasteiger charge is -2.17. The number of hydrogen-bond acceptors (Lipinski definition) is 3. The Hall–Kier alpha value is -1.68. The predicted octanol–water partition coefficient (Wildman–Crippen LogP) is 4.06. The summed E-state index contributed by atoms with van der Waals surface area (Å²) in [6.45, 7) is 5.55. The number of benzene rings is 1. The van der Waals surface area contributed by atoms with Crippen LogP contribution in [0, 0.1) is 19.7 Å². The van der Waals surface area contributed by atoms with Gasteiger partial charge in [-0.2, -0.15) is 0 Å². The molecule has 1 aromatic carbocycles. The summed E-state index contributed by atoms with van der Waals surface area (Å²) in [5, 5.41) is 3.55. The highest BCUT2D eigenvalue weighted by atomic mass is 35.5. The van der Waals surface area contributed by atoms with Crippen molar-refractivity contribution in [3.05, 3.63) is 52.2 Å². The quantitative estimate of drug-likeness (QED) is 0.921. The minimum Gasteiger partial charge on any atom is -0.363 e.